The lowest BCUT2D eigenvalue weighted by Gasteiger charge is -2.21. The molecule has 1 aliphatic heterocycles. The van der Waals surface area contributed by atoms with Gasteiger partial charge in [0.1, 0.15) is 5.82 Å². The number of amides is 1. The summed E-state index contributed by atoms with van der Waals surface area (Å²) in [5, 5.41) is 0.608. The summed E-state index contributed by atoms with van der Waals surface area (Å²) in [6, 6.07) is 16.7. The average molecular weight is 491 g/mol. The van der Waals surface area contributed by atoms with Gasteiger partial charge in [0.05, 0.1) is 10.6 Å². The fourth-order valence-corrected chi connectivity index (χ4v) is 5.42. The van der Waals surface area contributed by atoms with E-state index >= 15 is 0 Å². The first-order valence-corrected chi connectivity index (χ1v) is 12.8. The number of hydrogen-bond acceptors (Lipinski definition) is 4. The van der Waals surface area contributed by atoms with Gasteiger partial charge in [-0.2, -0.15) is 0 Å². The maximum atomic E-state index is 13.3. The molecule has 2 heterocycles. The number of carbonyl (C=O) groups is 1. The first kappa shape index (κ1) is 24.8. The number of amidine groups is 1. The molecule has 1 amide bonds. The molecule has 0 saturated carbocycles. The number of aromatic nitrogens is 1. The second kappa shape index (κ2) is 10.5. The van der Waals surface area contributed by atoms with E-state index < -0.39 is 0 Å². The van der Waals surface area contributed by atoms with Gasteiger partial charge in [0.2, 0.25) is 0 Å². The fourth-order valence-electron chi connectivity index (χ4n) is 4.37. The minimum Gasteiger partial charge on any atom is -0.372 e. The molecule has 1 aliphatic rings. The quantitative estimate of drug-likeness (QED) is 0.346. The Morgan fingerprint density at radius 2 is 1.66 bits per heavy atom. The van der Waals surface area contributed by atoms with Crippen LogP contribution in [0.15, 0.2) is 64.5 Å². The molecule has 0 aliphatic carbocycles. The van der Waals surface area contributed by atoms with E-state index in [-0.39, 0.29) is 11.7 Å². The summed E-state index contributed by atoms with van der Waals surface area (Å²) in [4.78, 5) is 22.3. The Bertz CT molecular complexity index is 1270. The highest BCUT2D eigenvalue weighted by atomic mass is 32.2. The molecule has 1 fully saturated rings. The summed E-state index contributed by atoms with van der Waals surface area (Å²) in [5.41, 5.74) is 6.11. The minimum absolute atomic E-state index is 0.0632. The summed E-state index contributed by atoms with van der Waals surface area (Å²) >= 11 is 1.35. The second-order valence-corrected chi connectivity index (χ2v) is 9.39. The predicted molar refractivity (Wildman–Crippen MR) is 145 cm³/mol. The first-order chi connectivity index (χ1) is 16.9. The Morgan fingerprint density at radius 1 is 1.00 bits per heavy atom. The Hall–Kier alpha value is -3.32. The molecular weight excluding hydrogens is 459 g/mol. The molecule has 2 aromatic carbocycles. The maximum Gasteiger partial charge on any atom is 0.266 e. The number of benzene rings is 2. The van der Waals surface area contributed by atoms with E-state index in [4.69, 9.17) is 0 Å². The average Bonchev–Trinajstić information content (AvgIpc) is 3.30. The van der Waals surface area contributed by atoms with Crippen LogP contribution in [0.25, 0.3) is 11.8 Å². The van der Waals surface area contributed by atoms with Crippen molar-refractivity contribution in [3.63, 3.8) is 0 Å². The summed E-state index contributed by atoms with van der Waals surface area (Å²) in [6.45, 7) is 12.9. The first-order valence-electron chi connectivity index (χ1n) is 12.0. The Labute approximate surface area is 211 Å². The predicted octanol–water partition coefficient (Wildman–Crippen LogP) is 6.70. The van der Waals surface area contributed by atoms with Gasteiger partial charge in [-0.15, -0.1) is 0 Å². The zero-order chi connectivity index (χ0) is 25.1. The zero-order valence-electron chi connectivity index (χ0n) is 20.9. The third-order valence-corrected chi connectivity index (χ3v) is 7.26. The second-order valence-electron chi connectivity index (χ2n) is 8.38. The molecule has 0 bridgehead atoms. The number of halogens is 1. The molecule has 0 spiro atoms. The topological polar surface area (TPSA) is 40.8 Å². The molecule has 1 aromatic heterocycles. The van der Waals surface area contributed by atoms with Gasteiger partial charge < -0.3 is 9.47 Å². The third-order valence-electron chi connectivity index (χ3n) is 6.25. The zero-order valence-corrected chi connectivity index (χ0v) is 21.7. The lowest BCUT2D eigenvalue weighted by Crippen LogP contribution is -2.28. The molecular formula is C28H31FN4OS. The van der Waals surface area contributed by atoms with E-state index in [2.05, 4.69) is 72.5 Å². The van der Waals surface area contributed by atoms with E-state index in [0.717, 1.165) is 35.7 Å². The Kier molecular flexibility index (Phi) is 7.45. The van der Waals surface area contributed by atoms with Crippen LogP contribution in [-0.4, -0.2) is 40.2 Å². The maximum absolute atomic E-state index is 13.3. The summed E-state index contributed by atoms with van der Waals surface area (Å²) < 4.78 is 15.5. The van der Waals surface area contributed by atoms with Crippen molar-refractivity contribution in [1.82, 2.24) is 9.47 Å². The monoisotopic (exact) mass is 490 g/mol. The van der Waals surface area contributed by atoms with Gasteiger partial charge in [-0.3, -0.25) is 9.69 Å². The SMILES string of the molecule is CCN1C(=O)/C(=C\c2cc(C)n(-c3ccc(N(CC)CC)cc3)c2C)SC1=Nc1ccc(F)cc1. The summed E-state index contributed by atoms with van der Waals surface area (Å²) in [6.07, 6.45) is 1.95. The van der Waals surface area contributed by atoms with Crippen molar-refractivity contribution in [3.8, 4) is 5.69 Å². The van der Waals surface area contributed by atoms with Gasteiger partial charge in [-0.1, -0.05) is 0 Å². The number of likely N-dealkylation sites (N-methyl/N-ethyl adjacent to an activating group) is 1. The van der Waals surface area contributed by atoms with Crippen molar-refractivity contribution in [1.29, 1.82) is 0 Å². The molecule has 35 heavy (non-hydrogen) atoms. The van der Waals surface area contributed by atoms with Crippen LogP contribution >= 0.6 is 11.8 Å². The molecule has 0 radical (unpaired) electrons. The lowest BCUT2D eigenvalue weighted by molar-refractivity contribution is -0.122. The van der Waals surface area contributed by atoms with Gasteiger partial charge in [0, 0.05) is 42.4 Å². The number of aryl methyl sites for hydroxylation is 1. The number of thioether (sulfide) groups is 1. The van der Waals surface area contributed by atoms with Gasteiger partial charge in [-0.05, 0) is 113 Å². The molecule has 0 unspecified atom stereocenters. The van der Waals surface area contributed by atoms with Crippen LogP contribution in [0, 0.1) is 19.7 Å². The normalized spacial score (nSPS) is 16.1. The standard InChI is InChI=1S/C28H31FN4OS/c1-6-31(7-2)24-13-15-25(16-14-24)33-19(4)17-21(20(33)5)18-26-27(34)32(8-3)28(35-26)30-23-11-9-22(29)10-12-23/h9-18H,6-8H2,1-5H3/b26-18+,30-28?. The number of carbonyl (C=O) groups excluding carboxylic acids is 1. The molecule has 5 nitrogen and oxygen atoms in total. The molecule has 0 atom stereocenters. The molecule has 0 N–H and O–H groups in total. The van der Waals surface area contributed by atoms with E-state index in [1.807, 2.05) is 13.0 Å². The highest BCUT2D eigenvalue weighted by Crippen LogP contribution is 2.35. The van der Waals surface area contributed by atoms with Crippen LogP contribution in [0.5, 0.6) is 0 Å². The Morgan fingerprint density at radius 3 is 2.26 bits per heavy atom. The van der Waals surface area contributed by atoms with Gasteiger partial charge in [-0.25, -0.2) is 9.38 Å². The van der Waals surface area contributed by atoms with Gasteiger partial charge in [0.15, 0.2) is 5.17 Å². The van der Waals surface area contributed by atoms with Crippen molar-refractivity contribution in [2.75, 3.05) is 24.5 Å². The summed E-state index contributed by atoms with van der Waals surface area (Å²) in [5.74, 6) is -0.373. The van der Waals surface area contributed by atoms with Crippen LogP contribution in [0.3, 0.4) is 0 Å². The molecule has 3 aromatic rings. The minimum atomic E-state index is -0.310. The van der Waals surface area contributed by atoms with E-state index in [0.29, 0.717) is 22.3 Å². The molecule has 7 heteroatoms. The van der Waals surface area contributed by atoms with Crippen molar-refractivity contribution in [2.24, 2.45) is 4.99 Å². The lowest BCUT2D eigenvalue weighted by atomic mass is 10.2. The van der Waals surface area contributed by atoms with E-state index in [1.165, 1.54) is 29.6 Å². The van der Waals surface area contributed by atoms with Crippen LogP contribution in [0.4, 0.5) is 15.8 Å². The van der Waals surface area contributed by atoms with Crippen molar-refractivity contribution < 1.29 is 9.18 Å². The van der Waals surface area contributed by atoms with E-state index in [9.17, 15) is 9.18 Å². The highest BCUT2D eigenvalue weighted by Gasteiger charge is 2.32. The number of rotatable bonds is 7. The number of aliphatic imine (C=N–C) groups is 1. The number of hydrogen-bond donors (Lipinski definition) is 0. The van der Waals surface area contributed by atoms with Crippen LogP contribution in [0.1, 0.15) is 37.7 Å². The van der Waals surface area contributed by atoms with E-state index in [1.54, 1.807) is 17.0 Å². The van der Waals surface area contributed by atoms with Crippen molar-refractivity contribution in [3.05, 3.63) is 82.3 Å². The smallest absolute Gasteiger partial charge is 0.266 e. The van der Waals surface area contributed by atoms with Crippen molar-refractivity contribution in [2.45, 2.75) is 34.6 Å². The molecule has 1 saturated heterocycles. The van der Waals surface area contributed by atoms with Gasteiger partial charge in [0.25, 0.3) is 5.91 Å². The fraction of sp³-hybridized carbons (Fsp3) is 0.286. The Balaban J connectivity index is 1.64. The third kappa shape index (κ3) is 5.05. The van der Waals surface area contributed by atoms with Crippen LogP contribution < -0.4 is 4.90 Å². The van der Waals surface area contributed by atoms with Crippen molar-refractivity contribution >= 4 is 40.3 Å². The van der Waals surface area contributed by atoms with Crippen LogP contribution in [0.2, 0.25) is 0 Å². The number of anilines is 1. The van der Waals surface area contributed by atoms with Crippen LogP contribution in [-0.2, 0) is 4.79 Å². The largest absolute Gasteiger partial charge is 0.372 e. The highest BCUT2D eigenvalue weighted by molar-refractivity contribution is 8.18. The number of nitrogens with zero attached hydrogens (tertiary/aromatic N) is 4. The van der Waals surface area contributed by atoms with Gasteiger partial charge >= 0.3 is 0 Å². The summed E-state index contributed by atoms with van der Waals surface area (Å²) in [7, 11) is 0. The molecule has 4 rings (SSSR count). The molecule has 182 valence electrons.